The fourth-order valence-corrected chi connectivity index (χ4v) is 5.36. The van der Waals surface area contributed by atoms with Gasteiger partial charge in [-0.25, -0.2) is 4.98 Å². The minimum Gasteiger partial charge on any atom is -0.438 e. The predicted octanol–water partition coefficient (Wildman–Crippen LogP) is 5.85. The molecule has 218 valence electrons. The number of allylic oxidation sites excluding steroid dienone is 1. The quantitative estimate of drug-likeness (QED) is 0.167. The van der Waals surface area contributed by atoms with E-state index in [2.05, 4.69) is 15.2 Å². The molecule has 0 atom stereocenters. The van der Waals surface area contributed by atoms with E-state index in [1.54, 1.807) is 24.4 Å². The molecule has 4 aromatic rings. The molecule has 5 rings (SSSR count). The van der Waals surface area contributed by atoms with Crippen molar-refractivity contribution in [3.8, 4) is 28.8 Å². The number of carbonyl (C=O) groups is 1. The summed E-state index contributed by atoms with van der Waals surface area (Å²) in [6.07, 6.45) is 6.86. The Morgan fingerprint density at radius 2 is 1.79 bits per heavy atom. The summed E-state index contributed by atoms with van der Waals surface area (Å²) in [5.74, 6) is 1.20. The summed E-state index contributed by atoms with van der Waals surface area (Å²) in [5, 5.41) is 12.4. The van der Waals surface area contributed by atoms with Crippen molar-refractivity contribution >= 4 is 23.6 Å². The highest BCUT2D eigenvalue weighted by molar-refractivity contribution is 5.92. The fourth-order valence-electron chi connectivity index (χ4n) is 5.36. The molecule has 0 spiro atoms. The molecule has 5 N–H and O–H groups in total. The number of aromatic nitrogens is 2. The number of piperidine rings is 1. The zero-order valence-electron chi connectivity index (χ0n) is 24.4. The second-order valence-corrected chi connectivity index (χ2v) is 10.8. The number of aryl methyl sites for hydroxylation is 2. The number of ether oxygens (including phenoxy) is 1. The number of nitrogens with two attached hydrogens (primary N) is 2. The first-order valence-electron chi connectivity index (χ1n) is 14.3. The summed E-state index contributed by atoms with van der Waals surface area (Å²) in [7, 11) is 0. The van der Waals surface area contributed by atoms with Gasteiger partial charge in [0.15, 0.2) is 0 Å². The van der Waals surface area contributed by atoms with Gasteiger partial charge in [0.05, 0.1) is 11.6 Å². The zero-order valence-corrected chi connectivity index (χ0v) is 24.4. The minimum absolute atomic E-state index is 0.212. The van der Waals surface area contributed by atoms with Crippen LogP contribution >= 0.6 is 0 Å². The number of hydrogen-bond acceptors (Lipinski definition) is 8. The smallest absolute Gasteiger partial charge is 0.248 e. The van der Waals surface area contributed by atoms with E-state index < -0.39 is 5.91 Å². The van der Waals surface area contributed by atoms with Gasteiger partial charge in [0.25, 0.3) is 0 Å². The molecule has 1 aliphatic rings. The van der Waals surface area contributed by atoms with Crippen LogP contribution in [0.2, 0.25) is 0 Å². The highest BCUT2D eigenvalue weighted by Crippen LogP contribution is 2.37. The lowest BCUT2D eigenvalue weighted by Gasteiger charge is -2.32. The maximum atomic E-state index is 11.4. The third-order valence-electron chi connectivity index (χ3n) is 7.60. The summed E-state index contributed by atoms with van der Waals surface area (Å²) >= 11 is 0. The largest absolute Gasteiger partial charge is 0.438 e. The third kappa shape index (κ3) is 7.18. The van der Waals surface area contributed by atoms with E-state index in [1.807, 2.05) is 68.4 Å². The van der Waals surface area contributed by atoms with Crippen molar-refractivity contribution in [2.24, 2.45) is 5.73 Å². The average molecular weight is 574 g/mol. The minimum atomic E-state index is -0.415. The van der Waals surface area contributed by atoms with E-state index in [-0.39, 0.29) is 6.04 Å². The molecule has 1 aliphatic heterocycles. The fraction of sp³-hybridized carbons (Fsp3) is 0.235. The molecule has 43 heavy (non-hydrogen) atoms. The number of nitrogens with zero attached hydrogens (tertiary/aromatic N) is 4. The molecule has 1 saturated heterocycles. The molecule has 0 radical (unpaired) electrons. The molecular formula is C34H35N7O2. The molecule has 1 aromatic heterocycles. The number of nitrogens with one attached hydrogen (secondary N) is 1. The van der Waals surface area contributed by atoms with Crippen molar-refractivity contribution in [2.45, 2.75) is 39.3 Å². The van der Waals surface area contributed by atoms with E-state index >= 15 is 0 Å². The first-order valence-corrected chi connectivity index (χ1v) is 14.3. The number of para-hydroxylation sites is 1. The molecule has 2 heterocycles. The van der Waals surface area contributed by atoms with Crippen molar-refractivity contribution in [1.82, 2.24) is 14.9 Å². The van der Waals surface area contributed by atoms with Gasteiger partial charge in [-0.1, -0.05) is 30.3 Å². The molecule has 0 bridgehead atoms. The van der Waals surface area contributed by atoms with Crippen LogP contribution in [-0.2, 0) is 6.54 Å². The predicted molar refractivity (Wildman–Crippen MR) is 169 cm³/mol. The number of likely N-dealkylation sites (tertiary alicyclic amines) is 1. The van der Waals surface area contributed by atoms with Crippen LogP contribution in [-0.4, -0.2) is 39.9 Å². The van der Waals surface area contributed by atoms with Gasteiger partial charge >= 0.3 is 0 Å². The van der Waals surface area contributed by atoms with Gasteiger partial charge in [0.2, 0.25) is 17.7 Å². The molecular weight excluding hydrogens is 538 g/mol. The lowest BCUT2D eigenvalue weighted by atomic mass is 10.0. The van der Waals surface area contributed by atoms with Gasteiger partial charge in [-0.05, 0) is 85.4 Å². The Balaban J connectivity index is 1.33. The summed E-state index contributed by atoms with van der Waals surface area (Å²) in [4.78, 5) is 23.2. The monoisotopic (exact) mass is 573 g/mol. The van der Waals surface area contributed by atoms with Crippen LogP contribution in [0, 0.1) is 25.2 Å². The van der Waals surface area contributed by atoms with E-state index in [0.717, 1.165) is 60.3 Å². The normalized spacial score (nSPS) is 14.0. The number of nitriles is 1. The van der Waals surface area contributed by atoms with Crippen LogP contribution in [0.25, 0.3) is 17.2 Å². The van der Waals surface area contributed by atoms with Crippen LogP contribution in [0.4, 0.5) is 11.6 Å². The Morgan fingerprint density at radius 3 is 2.44 bits per heavy atom. The number of carbonyl (C=O) groups excluding carboxylic acids is 1. The van der Waals surface area contributed by atoms with Crippen molar-refractivity contribution in [3.05, 3.63) is 101 Å². The topological polar surface area (TPSA) is 143 Å². The SMILES string of the molecule is Cc1cc(/C=C/C#N)cc(C)c1Oc1nc(NC2CCN(Cc3ccc(C(N)=O)cc3)CC2)ncc1-c1ccccc1N. The summed E-state index contributed by atoms with van der Waals surface area (Å²) in [6.45, 7) is 6.60. The maximum absolute atomic E-state index is 11.4. The van der Waals surface area contributed by atoms with E-state index in [1.165, 1.54) is 6.08 Å². The Kier molecular flexibility index (Phi) is 8.99. The molecule has 0 saturated carbocycles. The van der Waals surface area contributed by atoms with E-state index in [9.17, 15) is 4.79 Å². The Morgan fingerprint density at radius 1 is 1.09 bits per heavy atom. The second kappa shape index (κ2) is 13.2. The molecule has 0 unspecified atom stereocenters. The van der Waals surface area contributed by atoms with Gasteiger partial charge < -0.3 is 21.5 Å². The number of amides is 1. The summed E-state index contributed by atoms with van der Waals surface area (Å²) < 4.78 is 6.50. The van der Waals surface area contributed by atoms with Gasteiger partial charge in [-0.2, -0.15) is 10.2 Å². The van der Waals surface area contributed by atoms with Crippen LogP contribution in [0.1, 0.15) is 45.5 Å². The third-order valence-corrected chi connectivity index (χ3v) is 7.60. The van der Waals surface area contributed by atoms with Crippen molar-refractivity contribution in [2.75, 3.05) is 24.1 Å². The van der Waals surface area contributed by atoms with E-state index in [4.69, 9.17) is 26.5 Å². The molecule has 1 fully saturated rings. The zero-order chi connectivity index (χ0) is 30.3. The standard InChI is InChI=1S/C34H35N7O2/c1-22-18-25(6-5-15-35)19-23(2)31(22)43-33-29(28-7-3-4-8-30(28)36)20-38-34(40-33)39-27-13-16-41(17-14-27)21-24-9-11-26(12-10-24)32(37)42/h3-12,18-20,27H,13-14,16-17,21,36H2,1-2H3,(H2,37,42)(H,38,39,40)/b6-5+. The number of hydrogen-bond donors (Lipinski definition) is 3. The van der Waals surface area contributed by atoms with Crippen molar-refractivity contribution in [1.29, 1.82) is 5.26 Å². The molecule has 0 aliphatic carbocycles. The van der Waals surface area contributed by atoms with Gasteiger partial charge in [-0.3, -0.25) is 9.69 Å². The number of rotatable bonds is 9. The molecule has 9 heteroatoms. The van der Waals surface area contributed by atoms with Crippen molar-refractivity contribution < 1.29 is 9.53 Å². The Hall–Kier alpha value is -5.20. The molecule has 3 aromatic carbocycles. The first-order chi connectivity index (χ1) is 20.8. The average Bonchev–Trinajstić information content (AvgIpc) is 3.00. The Labute approximate surface area is 251 Å². The van der Waals surface area contributed by atoms with Crippen LogP contribution in [0.15, 0.2) is 72.9 Å². The number of anilines is 2. The number of benzene rings is 3. The maximum Gasteiger partial charge on any atom is 0.248 e. The lowest BCUT2D eigenvalue weighted by Crippen LogP contribution is -2.39. The first kappa shape index (κ1) is 29.3. The van der Waals surface area contributed by atoms with Gasteiger partial charge in [-0.15, -0.1) is 0 Å². The van der Waals surface area contributed by atoms with Crippen LogP contribution in [0.5, 0.6) is 11.6 Å². The van der Waals surface area contributed by atoms with Gasteiger partial charge in [0.1, 0.15) is 5.75 Å². The number of primary amides is 1. The highest BCUT2D eigenvalue weighted by Gasteiger charge is 2.22. The second-order valence-electron chi connectivity index (χ2n) is 10.8. The number of nitrogen functional groups attached to an aromatic ring is 1. The lowest BCUT2D eigenvalue weighted by molar-refractivity contribution is 0.1000. The Bertz CT molecular complexity index is 1660. The van der Waals surface area contributed by atoms with E-state index in [0.29, 0.717) is 34.4 Å². The van der Waals surface area contributed by atoms with Gasteiger partial charge in [0, 0.05) is 54.8 Å². The van der Waals surface area contributed by atoms with Crippen LogP contribution < -0.4 is 21.5 Å². The highest BCUT2D eigenvalue weighted by atomic mass is 16.5. The summed E-state index contributed by atoms with van der Waals surface area (Å²) in [6, 6.07) is 21.3. The molecule has 9 nitrogen and oxygen atoms in total. The van der Waals surface area contributed by atoms with Crippen molar-refractivity contribution in [3.63, 3.8) is 0 Å². The summed E-state index contributed by atoms with van der Waals surface area (Å²) in [5.41, 5.74) is 18.2. The molecule has 1 amide bonds. The van der Waals surface area contributed by atoms with Crippen LogP contribution in [0.3, 0.4) is 0 Å².